The number of hydrogen-bond donors (Lipinski definition) is 2. The molecule has 0 aliphatic heterocycles. The Labute approximate surface area is 132 Å². The molecule has 0 heterocycles. The van der Waals surface area contributed by atoms with Crippen molar-refractivity contribution in [3.63, 3.8) is 0 Å². The number of benzene rings is 1. The Balaban J connectivity index is 1.98. The molecule has 4 heteroatoms. The first-order valence-electron chi connectivity index (χ1n) is 7.92. The highest BCUT2D eigenvalue weighted by Gasteiger charge is 2.21. The van der Waals surface area contributed by atoms with Crippen LogP contribution in [0.5, 0.6) is 0 Å². The second-order valence-electron chi connectivity index (χ2n) is 5.92. The van der Waals surface area contributed by atoms with Crippen LogP contribution in [-0.2, 0) is 0 Å². The monoisotopic (exact) mass is 308 g/mol. The van der Waals surface area contributed by atoms with E-state index in [9.17, 15) is 4.79 Å². The van der Waals surface area contributed by atoms with Gasteiger partial charge < -0.3 is 10.6 Å². The summed E-state index contributed by atoms with van der Waals surface area (Å²) in [5.41, 5.74) is 1.51. The molecular weight excluding hydrogens is 284 g/mol. The molecule has 0 atom stereocenters. The molecule has 21 heavy (non-hydrogen) atoms. The van der Waals surface area contributed by atoms with Crippen LogP contribution in [0, 0.1) is 5.92 Å². The van der Waals surface area contributed by atoms with E-state index in [0.29, 0.717) is 16.6 Å². The van der Waals surface area contributed by atoms with Crippen LogP contribution in [0.4, 0.5) is 5.69 Å². The van der Waals surface area contributed by atoms with Crippen molar-refractivity contribution in [2.45, 2.75) is 51.5 Å². The van der Waals surface area contributed by atoms with Gasteiger partial charge in [0.05, 0.1) is 10.7 Å². The van der Waals surface area contributed by atoms with Crippen LogP contribution in [0.15, 0.2) is 18.2 Å². The van der Waals surface area contributed by atoms with Gasteiger partial charge in [-0.15, -0.1) is 0 Å². The quantitative estimate of drug-likeness (QED) is 0.842. The van der Waals surface area contributed by atoms with Crippen LogP contribution in [0.1, 0.15) is 55.8 Å². The summed E-state index contributed by atoms with van der Waals surface area (Å²) in [4.78, 5) is 11.7. The van der Waals surface area contributed by atoms with E-state index in [1.165, 1.54) is 38.5 Å². The van der Waals surface area contributed by atoms with E-state index in [0.717, 1.165) is 11.6 Å². The lowest BCUT2D eigenvalue weighted by Crippen LogP contribution is -2.26. The van der Waals surface area contributed by atoms with Gasteiger partial charge in [-0.1, -0.05) is 31.4 Å². The van der Waals surface area contributed by atoms with E-state index in [4.69, 9.17) is 11.6 Å². The summed E-state index contributed by atoms with van der Waals surface area (Å²) in [7, 11) is 1.64. The lowest BCUT2D eigenvalue weighted by molar-refractivity contribution is 0.0963. The van der Waals surface area contributed by atoms with E-state index in [2.05, 4.69) is 17.6 Å². The Hall–Kier alpha value is -1.22. The van der Waals surface area contributed by atoms with E-state index < -0.39 is 0 Å². The van der Waals surface area contributed by atoms with E-state index in [1.54, 1.807) is 19.2 Å². The molecule has 1 saturated carbocycles. The molecule has 0 saturated heterocycles. The minimum atomic E-state index is -0.0821. The van der Waals surface area contributed by atoms with Crippen molar-refractivity contribution < 1.29 is 4.79 Å². The van der Waals surface area contributed by atoms with Crippen molar-refractivity contribution in [1.29, 1.82) is 0 Å². The van der Waals surface area contributed by atoms with Crippen LogP contribution in [0.3, 0.4) is 0 Å². The van der Waals surface area contributed by atoms with Crippen LogP contribution in [0.2, 0.25) is 5.02 Å². The molecule has 116 valence electrons. The highest BCUT2D eigenvalue weighted by atomic mass is 35.5. The third-order valence-corrected chi connectivity index (χ3v) is 4.69. The van der Waals surface area contributed by atoms with Gasteiger partial charge >= 0.3 is 0 Å². The molecule has 1 fully saturated rings. The standard InChI is InChI=1S/C17H25ClN2O/c1-3-4-12-5-8-14(9-6-12)20-16-11-13(17(21)19-2)7-10-15(16)18/h7,10-12,14,20H,3-6,8-9H2,1-2H3,(H,19,21). The summed E-state index contributed by atoms with van der Waals surface area (Å²) in [6.45, 7) is 2.26. The molecule has 0 spiro atoms. The second kappa shape index (κ2) is 7.69. The van der Waals surface area contributed by atoms with E-state index in [-0.39, 0.29) is 5.91 Å². The van der Waals surface area contributed by atoms with Crippen molar-refractivity contribution in [1.82, 2.24) is 5.32 Å². The lowest BCUT2D eigenvalue weighted by Gasteiger charge is -2.30. The Morgan fingerprint density at radius 3 is 2.62 bits per heavy atom. The zero-order valence-electron chi connectivity index (χ0n) is 12.9. The van der Waals surface area contributed by atoms with E-state index >= 15 is 0 Å². The Morgan fingerprint density at radius 1 is 1.29 bits per heavy atom. The Bertz CT molecular complexity index is 482. The molecular formula is C17H25ClN2O. The summed E-state index contributed by atoms with van der Waals surface area (Å²) in [5.74, 6) is 0.807. The molecule has 0 unspecified atom stereocenters. The minimum absolute atomic E-state index is 0.0821. The smallest absolute Gasteiger partial charge is 0.251 e. The van der Waals surface area contributed by atoms with Crippen molar-refractivity contribution >= 4 is 23.2 Å². The van der Waals surface area contributed by atoms with Gasteiger partial charge in [0.15, 0.2) is 0 Å². The van der Waals surface area contributed by atoms with Gasteiger partial charge in [0.2, 0.25) is 0 Å². The maximum absolute atomic E-state index is 11.7. The van der Waals surface area contributed by atoms with Crippen molar-refractivity contribution in [2.24, 2.45) is 5.92 Å². The average molecular weight is 309 g/mol. The van der Waals surface area contributed by atoms with E-state index in [1.807, 2.05) is 6.07 Å². The fraction of sp³-hybridized carbons (Fsp3) is 0.588. The maximum atomic E-state index is 11.7. The summed E-state index contributed by atoms with van der Waals surface area (Å²) >= 11 is 6.25. The highest BCUT2D eigenvalue weighted by Crippen LogP contribution is 2.31. The van der Waals surface area contributed by atoms with Gasteiger partial charge in [0.1, 0.15) is 0 Å². The molecule has 0 radical (unpaired) electrons. The molecule has 2 rings (SSSR count). The number of amides is 1. The molecule has 2 N–H and O–H groups in total. The van der Waals surface area contributed by atoms with Crippen molar-refractivity contribution in [2.75, 3.05) is 12.4 Å². The number of carbonyl (C=O) groups excluding carboxylic acids is 1. The SMILES string of the molecule is CCCC1CCC(Nc2cc(C(=O)NC)ccc2Cl)CC1. The first-order chi connectivity index (χ1) is 10.1. The summed E-state index contributed by atoms with van der Waals surface area (Å²) in [5, 5.41) is 6.84. The first kappa shape index (κ1) is 16.2. The number of hydrogen-bond acceptors (Lipinski definition) is 2. The third kappa shape index (κ3) is 4.37. The zero-order valence-corrected chi connectivity index (χ0v) is 13.7. The molecule has 1 aromatic carbocycles. The second-order valence-corrected chi connectivity index (χ2v) is 6.33. The van der Waals surface area contributed by atoms with Crippen molar-refractivity contribution in [3.05, 3.63) is 28.8 Å². The zero-order chi connectivity index (χ0) is 15.2. The number of anilines is 1. The van der Waals surface area contributed by atoms with Crippen molar-refractivity contribution in [3.8, 4) is 0 Å². The summed E-state index contributed by atoms with van der Waals surface area (Å²) < 4.78 is 0. The first-order valence-corrected chi connectivity index (χ1v) is 8.30. The minimum Gasteiger partial charge on any atom is -0.381 e. The molecule has 0 aromatic heterocycles. The fourth-order valence-electron chi connectivity index (χ4n) is 3.15. The van der Waals surface area contributed by atoms with Gasteiger partial charge in [-0.3, -0.25) is 4.79 Å². The predicted octanol–water partition coefficient (Wildman–Crippen LogP) is 4.47. The number of nitrogens with one attached hydrogen (secondary N) is 2. The Kier molecular flexibility index (Phi) is 5.92. The summed E-state index contributed by atoms with van der Waals surface area (Å²) in [6, 6.07) is 5.86. The van der Waals surface area contributed by atoms with Crippen LogP contribution >= 0.6 is 11.6 Å². The molecule has 1 aliphatic carbocycles. The normalized spacial score (nSPS) is 21.9. The van der Waals surface area contributed by atoms with Gasteiger partial charge in [-0.05, 0) is 49.8 Å². The van der Waals surface area contributed by atoms with Crippen LogP contribution in [0.25, 0.3) is 0 Å². The highest BCUT2D eigenvalue weighted by molar-refractivity contribution is 6.33. The van der Waals surface area contributed by atoms with Crippen LogP contribution < -0.4 is 10.6 Å². The summed E-state index contributed by atoms with van der Waals surface area (Å²) in [6.07, 6.45) is 7.58. The lowest BCUT2D eigenvalue weighted by atomic mass is 9.83. The predicted molar refractivity (Wildman–Crippen MR) is 89.1 cm³/mol. The maximum Gasteiger partial charge on any atom is 0.251 e. The van der Waals surface area contributed by atoms with Gasteiger partial charge in [0.25, 0.3) is 5.91 Å². The van der Waals surface area contributed by atoms with Gasteiger partial charge in [0, 0.05) is 18.7 Å². The average Bonchev–Trinajstić information content (AvgIpc) is 2.51. The molecule has 1 aliphatic rings. The molecule has 3 nitrogen and oxygen atoms in total. The number of carbonyl (C=O) groups is 1. The van der Waals surface area contributed by atoms with Gasteiger partial charge in [-0.2, -0.15) is 0 Å². The van der Waals surface area contributed by atoms with Crippen LogP contribution in [-0.4, -0.2) is 19.0 Å². The fourth-order valence-corrected chi connectivity index (χ4v) is 3.32. The van der Waals surface area contributed by atoms with Gasteiger partial charge in [-0.25, -0.2) is 0 Å². The number of rotatable bonds is 5. The molecule has 1 aromatic rings. The topological polar surface area (TPSA) is 41.1 Å². The number of halogens is 1. The third-order valence-electron chi connectivity index (χ3n) is 4.36. The largest absolute Gasteiger partial charge is 0.381 e. The molecule has 1 amide bonds. The molecule has 0 bridgehead atoms. The Morgan fingerprint density at radius 2 is 2.00 bits per heavy atom.